The Kier molecular flexibility index (Phi) is 4.11. The molecule has 1 aromatic heterocycles. The van der Waals surface area contributed by atoms with Gasteiger partial charge in [-0.2, -0.15) is 0 Å². The topological polar surface area (TPSA) is 42.0 Å². The third-order valence-corrected chi connectivity index (χ3v) is 3.55. The van der Waals surface area contributed by atoms with Gasteiger partial charge in [0, 0.05) is 26.1 Å². The van der Waals surface area contributed by atoms with Crippen LogP contribution in [0.1, 0.15) is 10.4 Å². The molecule has 1 amide bonds. The lowest BCUT2D eigenvalue weighted by atomic mass is 10.2. The lowest BCUT2D eigenvalue weighted by Gasteiger charge is -2.06. The molecule has 0 radical (unpaired) electrons. The molecule has 0 bridgehead atoms. The first-order valence-electron chi connectivity index (χ1n) is 4.83. The standard InChI is InChI=1S/C12H8BrIN2O/c13-8-1-2-11(14)10(7-8)12(17)16-9-3-5-15-6-4-9/h1-7H,(H,15,16,17). The minimum Gasteiger partial charge on any atom is -0.322 e. The second kappa shape index (κ2) is 5.59. The summed E-state index contributed by atoms with van der Waals surface area (Å²) in [4.78, 5) is 15.9. The number of hydrogen-bond acceptors (Lipinski definition) is 2. The van der Waals surface area contributed by atoms with Crippen LogP contribution >= 0.6 is 38.5 Å². The smallest absolute Gasteiger partial charge is 0.256 e. The molecule has 2 aromatic rings. The van der Waals surface area contributed by atoms with Gasteiger partial charge in [0.2, 0.25) is 0 Å². The molecule has 2 rings (SSSR count). The fraction of sp³-hybridized carbons (Fsp3) is 0. The number of amides is 1. The van der Waals surface area contributed by atoms with E-state index in [-0.39, 0.29) is 5.91 Å². The van der Waals surface area contributed by atoms with E-state index in [2.05, 4.69) is 48.8 Å². The van der Waals surface area contributed by atoms with E-state index in [0.29, 0.717) is 5.56 Å². The maximum absolute atomic E-state index is 12.0. The Morgan fingerprint density at radius 2 is 1.94 bits per heavy atom. The second-order valence-corrected chi connectivity index (χ2v) is 5.39. The molecule has 0 aliphatic heterocycles. The predicted molar refractivity (Wildman–Crippen MR) is 79.0 cm³/mol. The van der Waals surface area contributed by atoms with Crippen LogP contribution in [0.5, 0.6) is 0 Å². The van der Waals surface area contributed by atoms with E-state index < -0.39 is 0 Å². The molecule has 1 aromatic carbocycles. The molecule has 3 nitrogen and oxygen atoms in total. The number of pyridine rings is 1. The largest absolute Gasteiger partial charge is 0.322 e. The van der Waals surface area contributed by atoms with Crippen LogP contribution in [0.15, 0.2) is 47.2 Å². The van der Waals surface area contributed by atoms with Gasteiger partial charge < -0.3 is 5.32 Å². The van der Waals surface area contributed by atoms with Crippen molar-refractivity contribution < 1.29 is 4.79 Å². The Labute approximate surface area is 121 Å². The van der Waals surface area contributed by atoms with Crippen LogP contribution in [0.25, 0.3) is 0 Å². The number of benzene rings is 1. The summed E-state index contributed by atoms with van der Waals surface area (Å²) in [6, 6.07) is 9.11. The average molecular weight is 403 g/mol. The van der Waals surface area contributed by atoms with E-state index >= 15 is 0 Å². The Morgan fingerprint density at radius 3 is 2.65 bits per heavy atom. The average Bonchev–Trinajstić information content (AvgIpc) is 2.33. The third kappa shape index (κ3) is 3.26. The molecule has 1 heterocycles. The van der Waals surface area contributed by atoms with Gasteiger partial charge in [-0.1, -0.05) is 15.9 Å². The molecule has 0 aliphatic rings. The maximum atomic E-state index is 12.0. The molecule has 0 spiro atoms. The summed E-state index contributed by atoms with van der Waals surface area (Å²) < 4.78 is 1.80. The first-order chi connectivity index (χ1) is 8.16. The number of carbonyl (C=O) groups excluding carboxylic acids is 1. The molecule has 0 atom stereocenters. The summed E-state index contributed by atoms with van der Waals surface area (Å²) in [6.45, 7) is 0. The molecule has 17 heavy (non-hydrogen) atoms. The van der Waals surface area contributed by atoms with Gasteiger partial charge in [0.15, 0.2) is 0 Å². The zero-order chi connectivity index (χ0) is 12.3. The monoisotopic (exact) mass is 402 g/mol. The summed E-state index contributed by atoms with van der Waals surface area (Å²) in [5, 5.41) is 2.82. The van der Waals surface area contributed by atoms with Gasteiger partial charge in [-0.3, -0.25) is 9.78 Å². The van der Waals surface area contributed by atoms with Crippen LogP contribution in [-0.2, 0) is 0 Å². The molecule has 0 unspecified atom stereocenters. The molecule has 0 saturated heterocycles. The second-order valence-electron chi connectivity index (χ2n) is 3.31. The zero-order valence-electron chi connectivity index (χ0n) is 8.65. The summed E-state index contributed by atoms with van der Waals surface area (Å²) in [7, 11) is 0. The highest BCUT2D eigenvalue weighted by molar-refractivity contribution is 14.1. The maximum Gasteiger partial charge on any atom is 0.256 e. The van der Waals surface area contributed by atoms with Crippen LogP contribution < -0.4 is 5.32 Å². The fourth-order valence-electron chi connectivity index (χ4n) is 1.31. The summed E-state index contributed by atoms with van der Waals surface area (Å²) >= 11 is 5.50. The van der Waals surface area contributed by atoms with Gasteiger partial charge in [0.25, 0.3) is 5.91 Å². The van der Waals surface area contributed by atoms with Gasteiger partial charge in [0.05, 0.1) is 5.56 Å². The number of nitrogens with one attached hydrogen (secondary N) is 1. The van der Waals surface area contributed by atoms with Crippen LogP contribution in [0, 0.1) is 3.57 Å². The van der Waals surface area contributed by atoms with Crippen molar-refractivity contribution in [2.75, 3.05) is 5.32 Å². The summed E-state index contributed by atoms with van der Waals surface area (Å²) in [6.07, 6.45) is 3.28. The minimum atomic E-state index is -0.123. The number of rotatable bonds is 2. The van der Waals surface area contributed by atoms with E-state index in [1.54, 1.807) is 30.6 Å². The molecule has 0 saturated carbocycles. The van der Waals surface area contributed by atoms with Gasteiger partial charge in [-0.25, -0.2) is 0 Å². The van der Waals surface area contributed by atoms with Gasteiger partial charge in [-0.15, -0.1) is 0 Å². The van der Waals surface area contributed by atoms with Crippen molar-refractivity contribution in [1.29, 1.82) is 0 Å². The Balaban J connectivity index is 2.23. The van der Waals surface area contributed by atoms with Crippen LogP contribution in [0.3, 0.4) is 0 Å². The summed E-state index contributed by atoms with van der Waals surface area (Å²) in [5.74, 6) is -0.123. The molecule has 86 valence electrons. The van der Waals surface area contributed by atoms with Crippen LogP contribution in [-0.4, -0.2) is 10.9 Å². The Bertz CT molecular complexity index is 545. The van der Waals surface area contributed by atoms with Crippen molar-refractivity contribution in [2.24, 2.45) is 0 Å². The minimum absolute atomic E-state index is 0.123. The molecular formula is C12H8BrIN2O. The number of carbonyl (C=O) groups is 1. The fourth-order valence-corrected chi connectivity index (χ4v) is 2.25. The number of anilines is 1. The third-order valence-electron chi connectivity index (χ3n) is 2.11. The van der Waals surface area contributed by atoms with Gasteiger partial charge in [0.1, 0.15) is 0 Å². The van der Waals surface area contributed by atoms with E-state index in [4.69, 9.17) is 0 Å². The normalized spacial score (nSPS) is 10.0. The van der Waals surface area contributed by atoms with E-state index in [9.17, 15) is 4.79 Å². The molecular weight excluding hydrogens is 395 g/mol. The Morgan fingerprint density at radius 1 is 1.24 bits per heavy atom. The number of hydrogen-bond donors (Lipinski definition) is 1. The van der Waals surface area contributed by atoms with Crippen LogP contribution in [0.4, 0.5) is 5.69 Å². The molecule has 5 heteroatoms. The van der Waals surface area contributed by atoms with Crippen molar-refractivity contribution in [3.05, 3.63) is 56.3 Å². The molecule has 1 N–H and O–H groups in total. The van der Waals surface area contributed by atoms with Crippen molar-refractivity contribution in [3.63, 3.8) is 0 Å². The van der Waals surface area contributed by atoms with E-state index in [0.717, 1.165) is 13.7 Å². The predicted octanol–water partition coefficient (Wildman–Crippen LogP) is 3.70. The Hall–Kier alpha value is -0.950. The van der Waals surface area contributed by atoms with Gasteiger partial charge in [-0.05, 0) is 52.9 Å². The highest BCUT2D eigenvalue weighted by atomic mass is 127. The summed E-state index contributed by atoms with van der Waals surface area (Å²) in [5.41, 5.74) is 1.39. The first kappa shape index (κ1) is 12.5. The van der Waals surface area contributed by atoms with Crippen molar-refractivity contribution in [3.8, 4) is 0 Å². The van der Waals surface area contributed by atoms with Gasteiger partial charge >= 0.3 is 0 Å². The van der Waals surface area contributed by atoms with Crippen molar-refractivity contribution in [2.45, 2.75) is 0 Å². The zero-order valence-corrected chi connectivity index (χ0v) is 12.4. The lowest BCUT2D eigenvalue weighted by Crippen LogP contribution is -2.13. The number of halogens is 2. The van der Waals surface area contributed by atoms with E-state index in [1.165, 1.54) is 0 Å². The molecule has 0 aliphatic carbocycles. The highest BCUT2D eigenvalue weighted by Gasteiger charge is 2.10. The lowest BCUT2D eigenvalue weighted by molar-refractivity contribution is 0.102. The quantitative estimate of drug-likeness (QED) is 0.778. The number of nitrogens with zero attached hydrogens (tertiary/aromatic N) is 1. The highest BCUT2D eigenvalue weighted by Crippen LogP contribution is 2.19. The number of aromatic nitrogens is 1. The van der Waals surface area contributed by atoms with Crippen LogP contribution in [0.2, 0.25) is 0 Å². The van der Waals surface area contributed by atoms with E-state index in [1.807, 2.05) is 12.1 Å². The SMILES string of the molecule is O=C(Nc1ccncc1)c1cc(Br)ccc1I. The van der Waals surface area contributed by atoms with Crippen molar-refractivity contribution in [1.82, 2.24) is 4.98 Å². The first-order valence-corrected chi connectivity index (χ1v) is 6.70. The molecule has 0 fully saturated rings. The van der Waals surface area contributed by atoms with Crippen molar-refractivity contribution >= 4 is 50.1 Å².